The highest BCUT2D eigenvalue weighted by molar-refractivity contribution is 6.29. The Hall–Kier alpha value is -2.34. The zero-order chi connectivity index (χ0) is 14.7. The summed E-state index contributed by atoms with van der Waals surface area (Å²) in [7, 11) is 2.99. The van der Waals surface area contributed by atoms with Gasteiger partial charge in [-0.1, -0.05) is 0 Å². The summed E-state index contributed by atoms with van der Waals surface area (Å²) >= 11 is 5.62. The van der Waals surface area contributed by atoms with Gasteiger partial charge < -0.3 is 24.9 Å². The molecular weight excluding hydrogens is 284 g/mol. The van der Waals surface area contributed by atoms with Crippen molar-refractivity contribution < 1.29 is 18.7 Å². The summed E-state index contributed by atoms with van der Waals surface area (Å²) in [6.45, 7) is 0. The normalized spacial score (nSPS) is 10.2. The molecule has 0 fully saturated rings. The third-order valence-corrected chi connectivity index (χ3v) is 2.80. The Morgan fingerprint density at radius 1 is 1.25 bits per heavy atom. The molecule has 2 rings (SSSR count). The maximum atomic E-state index is 11.9. The van der Waals surface area contributed by atoms with E-state index in [4.69, 9.17) is 31.2 Å². The number of ether oxygens (including phenoxy) is 2. The number of hydrogen-bond donors (Lipinski definition) is 2. The Kier molecular flexibility index (Phi) is 4.05. The lowest BCUT2D eigenvalue weighted by Gasteiger charge is -2.12. The van der Waals surface area contributed by atoms with Crippen LogP contribution in [-0.2, 0) is 0 Å². The third kappa shape index (κ3) is 2.80. The molecule has 0 aliphatic rings. The van der Waals surface area contributed by atoms with Crippen LogP contribution in [0.4, 0.5) is 11.4 Å². The first-order chi connectivity index (χ1) is 9.55. The first-order valence-electron chi connectivity index (χ1n) is 5.63. The molecule has 0 saturated carbocycles. The maximum absolute atomic E-state index is 11.9. The van der Waals surface area contributed by atoms with Crippen molar-refractivity contribution in [1.29, 1.82) is 0 Å². The van der Waals surface area contributed by atoms with Crippen LogP contribution in [0, 0.1) is 0 Å². The minimum Gasteiger partial charge on any atom is -0.493 e. The van der Waals surface area contributed by atoms with Gasteiger partial charge in [-0.05, 0) is 23.7 Å². The highest BCUT2D eigenvalue weighted by atomic mass is 35.5. The van der Waals surface area contributed by atoms with Crippen LogP contribution in [0.1, 0.15) is 10.6 Å². The minimum atomic E-state index is -0.462. The minimum absolute atomic E-state index is 0.0872. The van der Waals surface area contributed by atoms with Crippen molar-refractivity contribution in [3.8, 4) is 11.5 Å². The molecule has 7 heteroatoms. The fourth-order valence-electron chi connectivity index (χ4n) is 1.62. The Balaban J connectivity index is 2.27. The summed E-state index contributed by atoms with van der Waals surface area (Å²) < 4.78 is 15.3. The van der Waals surface area contributed by atoms with Gasteiger partial charge >= 0.3 is 0 Å². The number of nitrogen functional groups attached to an aromatic ring is 1. The fraction of sp³-hybridized carbons (Fsp3) is 0.154. The lowest BCUT2D eigenvalue weighted by Crippen LogP contribution is -2.12. The molecule has 1 aromatic heterocycles. The van der Waals surface area contributed by atoms with Crippen molar-refractivity contribution in [2.75, 3.05) is 25.3 Å². The SMILES string of the molecule is COc1cc(N)c(NC(=O)c2ccc(Cl)o2)cc1OC. The molecule has 0 spiro atoms. The Labute approximate surface area is 120 Å². The van der Waals surface area contributed by atoms with Crippen molar-refractivity contribution in [2.45, 2.75) is 0 Å². The van der Waals surface area contributed by atoms with Crippen LogP contribution in [0.5, 0.6) is 11.5 Å². The number of rotatable bonds is 4. The van der Waals surface area contributed by atoms with Crippen LogP contribution in [-0.4, -0.2) is 20.1 Å². The lowest BCUT2D eigenvalue weighted by atomic mass is 10.2. The molecule has 3 N–H and O–H groups in total. The van der Waals surface area contributed by atoms with Crippen LogP contribution in [0.25, 0.3) is 0 Å². The number of hydrogen-bond acceptors (Lipinski definition) is 5. The van der Waals surface area contributed by atoms with E-state index in [9.17, 15) is 4.79 Å². The number of nitrogens with two attached hydrogens (primary N) is 1. The second-order valence-electron chi connectivity index (χ2n) is 3.85. The van der Waals surface area contributed by atoms with Crippen LogP contribution in [0.3, 0.4) is 0 Å². The van der Waals surface area contributed by atoms with Gasteiger partial charge in [-0.15, -0.1) is 0 Å². The Bertz CT molecular complexity index is 639. The van der Waals surface area contributed by atoms with E-state index in [0.29, 0.717) is 22.9 Å². The van der Waals surface area contributed by atoms with Gasteiger partial charge in [-0.2, -0.15) is 0 Å². The molecule has 0 saturated heterocycles. The molecule has 0 atom stereocenters. The quantitative estimate of drug-likeness (QED) is 0.847. The summed E-state index contributed by atoms with van der Waals surface area (Å²) in [6, 6.07) is 6.07. The maximum Gasteiger partial charge on any atom is 0.291 e. The van der Waals surface area contributed by atoms with Crippen molar-refractivity contribution in [1.82, 2.24) is 0 Å². The third-order valence-electron chi connectivity index (χ3n) is 2.60. The van der Waals surface area contributed by atoms with Gasteiger partial charge in [0.15, 0.2) is 22.5 Å². The zero-order valence-corrected chi connectivity index (χ0v) is 11.7. The second-order valence-corrected chi connectivity index (χ2v) is 4.22. The van der Waals surface area contributed by atoms with Crippen molar-refractivity contribution in [2.24, 2.45) is 0 Å². The van der Waals surface area contributed by atoms with Gasteiger partial charge in [-0.3, -0.25) is 4.79 Å². The highest BCUT2D eigenvalue weighted by Gasteiger charge is 2.15. The summed E-state index contributed by atoms with van der Waals surface area (Å²) in [5.41, 5.74) is 6.58. The van der Waals surface area contributed by atoms with Gasteiger partial charge in [-0.25, -0.2) is 0 Å². The monoisotopic (exact) mass is 296 g/mol. The number of methoxy groups -OCH3 is 2. The molecule has 2 aromatic rings. The van der Waals surface area contributed by atoms with Crippen LogP contribution < -0.4 is 20.5 Å². The van der Waals surface area contributed by atoms with E-state index >= 15 is 0 Å². The first kappa shape index (κ1) is 14.1. The summed E-state index contributed by atoms with van der Waals surface area (Å²) in [5.74, 6) is 0.554. The predicted octanol–water partition coefficient (Wildman–Crippen LogP) is 2.78. The summed E-state index contributed by atoms with van der Waals surface area (Å²) in [6.07, 6.45) is 0. The van der Waals surface area contributed by atoms with E-state index in [0.717, 1.165) is 0 Å². The first-order valence-corrected chi connectivity index (χ1v) is 6.01. The van der Waals surface area contributed by atoms with Gasteiger partial charge in [0.25, 0.3) is 5.91 Å². The molecule has 0 aliphatic carbocycles. The van der Waals surface area contributed by atoms with Gasteiger partial charge in [0.2, 0.25) is 0 Å². The number of carbonyl (C=O) groups excluding carboxylic acids is 1. The van der Waals surface area contributed by atoms with Gasteiger partial charge in [0, 0.05) is 12.1 Å². The van der Waals surface area contributed by atoms with Crippen molar-refractivity contribution in [3.05, 3.63) is 35.2 Å². The Morgan fingerprint density at radius 3 is 2.45 bits per heavy atom. The van der Waals surface area contributed by atoms with E-state index < -0.39 is 5.91 Å². The number of halogens is 1. The molecule has 1 heterocycles. The molecule has 20 heavy (non-hydrogen) atoms. The molecular formula is C13H13ClN2O4. The van der Waals surface area contributed by atoms with Crippen molar-refractivity contribution in [3.63, 3.8) is 0 Å². The van der Waals surface area contributed by atoms with Crippen molar-refractivity contribution >= 4 is 28.9 Å². The van der Waals surface area contributed by atoms with E-state index in [1.165, 1.54) is 26.4 Å². The van der Waals surface area contributed by atoms with Crippen LogP contribution >= 0.6 is 11.6 Å². The van der Waals surface area contributed by atoms with Gasteiger partial charge in [0.05, 0.1) is 25.6 Å². The highest BCUT2D eigenvalue weighted by Crippen LogP contribution is 2.35. The number of benzene rings is 1. The average Bonchev–Trinajstić information content (AvgIpc) is 2.87. The number of amides is 1. The van der Waals surface area contributed by atoms with E-state index in [2.05, 4.69) is 5.32 Å². The van der Waals surface area contributed by atoms with E-state index in [1.54, 1.807) is 12.1 Å². The molecule has 6 nitrogen and oxygen atoms in total. The molecule has 0 radical (unpaired) electrons. The topological polar surface area (TPSA) is 86.7 Å². The van der Waals surface area contributed by atoms with Gasteiger partial charge in [0.1, 0.15) is 0 Å². The number of carbonyl (C=O) groups is 1. The van der Waals surface area contributed by atoms with E-state index in [1.807, 2.05) is 0 Å². The fourth-order valence-corrected chi connectivity index (χ4v) is 1.77. The molecule has 1 amide bonds. The van der Waals surface area contributed by atoms with Crippen LogP contribution in [0.15, 0.2) is 28.7 Å². The standard InChI is InChI=1S/C13H13ClN2O4/c1-18-10-5-7(15)8(6-11(10)19-2)16-13(17)9-3-4-12(14)20-9/h3-6H,15H2,1-2H3,(H,16,17). The average molecular weight is 297 g/mol. The molecule has 0 aliphatic heterocycles. The summed E-state index contributed by atoms with van der Waals surface area (Å²) in [4.78, 5) is 11.9. The van der Waals surface area contributed by atoms with E-state index in [-0.39, 0.29) is 11.0 Å². The Morgan fingerprint density at radius 2 is 1.90 bits per heavy atom. The number of furan rings is 1. The smallest absolute Gasteiger partial charge is 0.291 e. The predicted molar refractivity (Wildman–Crippen MR) is 75.6 cm³/mol. The zero-order valence-electron chi connectivity index (χ0n) is 10.9. The van der Waals surface area contributed by atoms with Crippen LogP contribution in [0.2, 0.25) is 5.22 Å². The number of anilines is 2. The summed E-state index contributed by atoms with van der Waals surface area (Å²) in [5, 5.41) is 2.75. The molecule has 0 unspecified atom stereocenters. The number of nitrogens with one attached hydrogen (secondary N) is 1. The molecule has 106 valence electrons. The molecule has 0 bridgehead atoms. The second kappa shape index (κ2) is 5.75. The lowest BCUT2D eigenvalue weighted by molar-refractivity contribution is 0.0997. The largest absolute Gasteiger partial charge is 0.493 e. The molecule has 1 aromatic carbocycles.